The van der Waals surface area contributed by atoms with E-state index in [1.807, 2.05) is 6.07 Å². The van der Waals surface area contributed by atoms with Crippen LogP contribution in [0, 0.1) is 0 Å². The van der Waals surface area contributed by atoms with Gasteiger partial charge in [0.05, 0.1) is 0 Å². The Balaban J connectivity index is 0.00000176. The topological polar surface area (TPSA) is 29.1 Å². The molecule has 2 aromatic carbocycles. The SMILES string of the molecule is O=C1CCC(CCCc2ccc(-c3ccccc3)cc2)N1.[HH]. The number of amides is 1. The molecule has 0 bridgehead atoms. The van der Waals surface area contributed by atoms with Gasteiger partial charge in [-0.1, -0.05) is 54.6 Å². The highest BCUT2D eigenvalue weighted by molar-refractivity contribution is 5.78. The molecule has 1 saturated heterocycles. The molecule has 2 nitrogen and oxygen atoms in total. The molecule has 0 saturated carbocycles. The van der Waals surface area contributed by atoms with Crippen molar-refractivity contribution < 1.29 is 6.22 Å². The van der Waals surface area contributed by atoms with Gasteiger partial charge in [0, 0.05) is 13.9 Å². The summed E-state index contributed by atoms with van der Waals surface area (Å²) in [5.74, 6) is 0.215. The number of carbonyl (C=O) groups is 1. The molecule has 1 fully saturated rings. The van der Waals surface area contributed by atoms with Crippen LogP contribution in [0.3, 0.4) is 0 Å². The highest BCUT2D eigenvalue weighted by atomic mass is 16.1. The molecule has 1 amide bonds. The first-order chi connectivity index (χ1) is 10.3. The molecular formula is C19H23NO. The molecule has 0 spiro atoms. The minimum absolute atomic E-state index is 0. The van der Waals surface area contributed by atoms with Crippen LogP contribution in [0.15, 0.2) is 54.6 Å². The van der Waals surface area contributed by atoms with Crippen LogP contribution in [0.4, 0.5) is 0 Å². The van der Waals surface area contributed by atoms with Crippen molar-refractivity contribution in [1.82, 2.24) is 5.32 Å². The average molecular weight is 281 g/mol. The second-order valence-electron chi connectivity index (χ2n) is 5.76. The standard InChI is InChI=1S/C19H21NO.H2/c21-19-14-13-18(20-19)8-4-5-15-9-11-17(12-10-15)16-6-2-1-3-7-16;/h1-3,6-7,9-12,18H,4-5,8,13-14H2,(H,20,21);1H. The van der Waals surface area contributed by atoms with Crippen molar-refractivity contribution in [1.29, 1.82) is 0 Å². The molecule has 1 N–H and O–H groups in total. The normalized spacial score (nSPS) is 17.7. The third-order valence-corrected chi connectivity index (χ3v) is 4.16. The third-order valence-electron chi connectivity index (χ3n) is 4.16. The summed E-state index contributed by atoms with van der Waals surface area (Å²) in [6, 6.07) is 19.7. The molecule has 2 heteroatoms. The molecule has 0 aliphatic carbocycles. The number of nitrogens with one attached hydrogen (secondary N) is 1. The first-order valence-electron chi connectivity index (χ1n) is 7.75. The van der Waals surface area contributed by atoms with Crippen molar-refractivity contribution in [2.75, 3.05) is 0 Å². The minimum atomic E-state index is 0. The minimum Gasteiger partial charge on any atom is -0.353 e. The first kappa shape index (κ1) is 13.9. The van der Waals surface area contributed by atoms with Crippen LogP contribution in [0.25, 0.3) is 11.1 Å². The van der Waals surface area contributed by atoms with Crippen LogP contribution in [0.1, 0.15) is 32.7 Å². The van der Waals surface area contributed by atoms with E-state index in [0.717, 1.165) is 25.7 Å². The Morgan fingerprint density at radius 2 is 1.71 bits per heavy atom. The maximum absolute atomic E-state index is 11.1. The highest BCUT2D eigenvalue weighted by Gasteiger charge is 2.19. The van der Waals surface area contributed by atoms with Gasteiger partial charge in [-0.15, -0.1) is 0 Å². The Kier molecular flexibility index (Phi) is 4.34. The van der Waals surface area contributed by atoms with Gasteiger partial charge >= 0.3 is 0 Å². The van der Waals surface area contributed by atoms with Gasteiger partial charge in [-0.25, -0.2) is 0 Å². The molecule has 2 aromatic rings. The molecule has 1 heterocycles. The van der Waals surface area contributed by atoms with E-state index in [0.29, 0.717) is 12.5 Å². The van der Waals surface area contributed by atoms with E-state index < -0.39 is 0 Å². The molecule has 3 rings (SSSR count). The van der Waals surface area contributed by atoms with E-state index in [2.05, 4.69) is 53.8 Å². The number of aryl methyl sites for hydroxylation is 1. The number of hydrogen-bond acceptors (Lipinski definition) is 1. The predicted molar refractivity (Wildman–Crippen MR) is 88.1 cm³/mol. The molecule has 1 unspecified atom stereocenters. The van der Waals surface area contributed by atoms with Gasteiger partial charge < -0.3 is 5.32 Å². The van der Waals surface area contributed by atoms with Crippen molar-refractivity contribution >= 4 is 5.91 Å². The number of rotatable bonds is 5. The van der Waals surface area contributed by atoms with Crippen LogP contribution in [0.2, 0.25) is 0 Å². The van der Waals surface area contributed by atoms with Crippen LogP contribution >= 0.6 is 0 Å². The van der Waals surface area contributed by atoms with E-state index in [4.69, 9.17) is 0 Å². The molecule has 1 atom stereocenters. The zero-order chi connectivity index (χ0) is 14.5. The Bertz CT molecular complexity index is 595. The van der Waals surface area contributed by atoms with E-state index in [1.165, 1.54) is 16.7 Å². The fourth-order valence-electron chi connectivity index (χ4n) is 2.94. The number of benzene rings is 2. The monoisotopic (exact) mass is 281 g/mol. The zero-order valence-electron chi connectivity index (χ0n) is 12.2. The summed E-state index contributed by atoms with van der Waals surface area (Å²) in [7, 11) is 0. The van der Waals surface area contributed by atoms with Crippen LogP contribution in [-0.4, -0.2) is 11.9 Å². The smallest absolute Gasteiger partial charge is 0.220 e. The van der Waals surface area contributed by atoms with Crippen molar-refractivity contribution in [3.8, 4) is 11.1 Å². The van der Waals surface area contributed by atoms with E-state index in [9.17, 15) is 4.79 Å². The second kappa shape index (κ2) is 6.57. The summed E-state index contributed by atoms with van der Waals surface area (Å²) in [5.41, 5.74) is 3.90. The Labute approximate surface area is 127 Å². The predicted octanol–water partition coefficient (Wildman–Crippen LogP) is 4.20. The van der Waals surface area contributed by atoms with Crippen molar-refractivity contribution in [3.63, 3.8) is 0 Å². The summed E-state index contributed by atoms with van der Waals surface area (Å²) in [5, 5.41) is 3.03. The van der Waals surface area contributed by atoms with E-state index in [1.54, 1.807) is 0 Å². The summed E-state index contributed by atoms with van der Waals surface area (Å²) < 4.78 is 0. The lowest BCUT2D eigenvalue weighted by molar-refractivity contribution is -0.119. The van der Waals surface area contributed by atoms with Gasteiger partial charge in [0.25, 0.3) is 0 Å². The summed E-state index contributed by atoms with van der Waals surface area (Å²) in [4.78, 5) is 11.1. The molecule has 0 radical (unpaired) electrons. The van der Waals surface area contributed by atoms with Crippen LogP contribution in [-0.2, 0) is 11.2 Å². The van der Waals surface area contributed by atoms with Gasteiger partial charge in [-0.2, -0.15) is 0 Å². The molecule has 1 aliphatic heterocycles. The molecule has 1 aliphatic rings. The van der Waals surface area contributed by atoms with Gasteiger partial charge in [0.2, 0.25) is 5.91 Å². The Morgan fingerprint density at radius 3 is 2.38 bits per heavy atom. The van der Waals surface area contributed by atoms with E-state index >= 15 is 0 Å². The van der Waals surface area contributed by atoms with E-state index in [-0.39, 0.29) is 7.33 Å². The summed E-state index contributed by atoms with van der Waals surface area (Å²) >= 11 is 0. The van der Waals surface area contributed by atoms with Gasteiger partial charge in [0.15, 0.2) is 0 Å². The Hall–Kier alpha value is -2.09. The molecule has 0 aromatic heterocycles. The van der Waals surface area contributed by atoms with Crippen LogP contribution < -0.4 is 5.32 Å². The summed E-state index contributed by atoms with van der Waals surface area (Å²) in [6.45, 7) is 0. The summed E-state index contributed by atoms with van der Waals surface area (Å²) in [6.07, 6.45) is 5.02. The molecule has 110 valence electrons. The van der Waals surface area contributed by atoms with Crippen molar-refractivity contribution in [2.24, 2.45) is 0 Å². The number of hydrogen-bond donors (Lipinski definition) is 1. The largest absolute Gasteiger partial charge is 0.353 e. The van der Waals surface area contributed by atoms with Gasteiger partial charge in [-0.05, 0) is 42.4 Å². The lowest BCUT2D eigenvalue weighted by Crippen LogP contribution is -2.25. The van der Waals surface area contributed by atoms with Gasteiger partial charge in [0.1, 0.15) is 0 Å². The van der Waals surface area contributed by atoms with Gasteiger partial charge in [-0.3, -0.25) is 4.79 Å². The third kappa shape index (κ3) is 3.72. The fraction of sp³-hybridized carbons (Fsp3) is 0.316. The van der Waals surface area contributed by atoms with Crippen LogP contribution in [0.5, 0.6) is 0 Å². The average Bonchev–Trinajstić information content (AvgIpc) is 2.94. The molecular weight excluding hydrogens is 258 g/mol. The maximum atomic E-state index is 11.1. The molecule has 21 heavy (non-hydrogen) atoms. The van der Waals surface area contributed by atoms with Crippen molar-refractivity contribution in [2.45, 2.75) is 38.1 Å². The van der Waals surface area contributed by atoms with Crippen molar-refractivity contribution in [3.05, 3.63) is 60.2 Å². The maximum Gasteiger partial charge on any atom is 0.220 e. The number of carbonyl (C=O) groups excluding carboxylic acids is 1. The zero-order valence-corrected chi connectivity index (χ0v) is 12.2. The fourth-order valence-corrected chi connectivity index (χ4v) is 2.94. The lowest BCUT2D eigenvalue weighted by atomic mass is 10.0. The lowest BCUT2D eigenvalue weighted by Gasteiger charge is -2.09. The Morgan fingerprint density at radius 1 is 1.00 bits per heavy atom. The highest BCUT2D eigenvalue weighted by Crippen LogP contribution is 2.20. The quantitative estimate of drug-likeness (QED) is 0.874. The first-order valence-corrected chi connectivity index (χ1v) is 7.75. The second-order valence-corrected chi connectivity index (χ2v) is 5.76.